The van der Waals surface area contributed by atoms with Crippen molar-refractivity contribution in [1.82, 2.24) is 25.3 Å². The number of nitrogens with one attached hydrogen (secondary N) is 1. The molecule has 0 radical (unpaired) electrons. The van der Waals surface area contributed by atoms with Gasteiger partial charge in [0.05, 0.1) is 34.4 Å². The molecule has 2 aromatic carbocycles. The van der Waals surface area contributed by atoms with Crippen molar-refractivity contribution in [2.45, 2.75) is 6.54 Å². The van der Waals surface area contributed by atoms with Crippen molar-refractivity contribution in [2.24, 2.45) is 0 Å². The number of hydrogen-bond donors (Lipinski definition) is 1. The van der Waals surface area contributed by atoms with Crippen LogP contribution >= 0.6 is 0 Å². The normalized spacial score (nSPS) is 13.8. The number of rotatable bonds is 9. The summed E-state index contributed by atoms with van der Waals surface area (Å²) in [6, 6.07) is 12.7. The molecule has 1 aliphatic heterocycles. The van der Waals surface area contributed by atoms with Gasteiger partial charge in [0.2, 0.25) is 23.4 Å². The summed E-state index contributed by atoms with van der Waals surface area (Å²) in [6.07, 6.45) is 0. The van der Waals surface area contributed by atoms with Gasteiger partial charge in [0, 0.05) is 37.3 Å². The number of benzene rings is 2. The number of ether oxygens (including phenoxy) is 3. The molecule has 1 aromatic heterocycles. The average Bonchev–Trinajstić information content (AvgIpc) is 3.40. The number of amides is 2. The van der Waals surface area contributed by atoms with Crippen LogP contribution in [0.15, 0.2) is 47.0 Å². The molecule has 0 saturated carbocycles. The molecule has 1 aliphatic rings. The van der Waals surface area contributed by atoms with E-state index in [0.29, 0.717) is 67.3 Å². The van der Waals surface area contributed by atoms with Crippen LogP contribution < -0.4 is 19.5 Å². The van der Waals surface area contributed by atoms with Crippen molar-refractivity contribution < 1.29 is 28.3 Å². The highest BCUT2D eigenvalue weighted by atomic mass is 16.5. The Labute approximate surface area is 208 Å². The van der Waals surface area contributed by atoms with Gasteiger partial charge in [-0.2, -0.15) is 4.98 Å². The minimum Gasteiger partial charge on any atom is -0.493 e. The molecule has 0 aliphatic carbocycles. The van der Waals surface area contributed by atoms with Gasteiger partial charge in [-0.3, -0.25) is 14.5 Å². The molecular formula is C25H29N5O6. The maximum absolute atomic E-state index is 12.7. The van der Waals surface area contributed by atoms with Crippen LogP contribution in [-0.4, -0.2) is 85.8 Å². The highest BCUT2D eigenvalue weighted by Gasteiger charge is 2.24. The standard InChI is InChI=1S/C25H29N5O6/c1-33-19-13-18(14-20(34-2)23(19)35-3)25(32)26-15-22(31)30-11-9-29(10-12-30)16-21-27-24(28-36-21)17-7-5-4-6-8-17/h4-8,13-14H,9-12,15-16H2,1-3H3,(H,26,32). The van der Waals surface area contributed by atoms with Crippen LogP contribution in [0.2, 0.25) is 0 Å². The number of aromatic nitrogens is 2. The number of nitrogens with zero attached hydrogens (tertiary/aromatic N) is 4. The van der Waals surface area contributed by atoms with E-state index in [1.165, 1.54) is 21.3 Å². The zero-order valence-electron chi connectivity index (χ0n) is 20.5. The molecule has 1 fully saturated rings. The Bertz CT molecular complexity index is 1170. The molecule has 1 N–H and O–H groups in total. The van der Waals surface area contributed by atoms with Crippen molar-refractivity contribution in [3.05, 3.63) is 53.9 Å². The van der Waals surface area contributed by atoms with E-state index in [0.717, 1.165) is 5.56 Å². The van der Waals surface area contributed by atoms with Gasteiger partial charge in [0.1, 0.15) is 0 Å². The van der Waals surface area contributed by atoms with E-state index in [4.69, 9.17) is 18.7 Å². The van der Waals surface area contributed by atoms with Gasteiger partial charge >= 0.3 is 0 Å². The van der Waals surface area contributed by atoms with Crippen LogP contribution in [0.5, 0.6) is 17.2 Å². The van der Waals surface area contributed by atoms with E-state index in [1.54, 1.807) is 17.0 Å². The van der Waals surface area contributed by atoms with Crippen LogP contribution in [0.3, 0.4) is 0 Å². The Morgan fingerprint density at radius 2 is 1.64 bits per heavy atom. The molecule has 190 valence electrons. The van der Waals surface area contributed by atoms with Crippen LogP contribution in [0.25, 0.3) is 11.4 Å². The Morgan fingerprint density at radius 1 is 0.972 bits per heavy atom. The van der Waals surface area contributed by atoms with E-state index in [9.17, 15) is 9.59 Å². The molecule has 0 atom stereocenters. The van der Waals surface area contributed by atoms with E-state index < -0.39 is 5.91 Å². The summed E-state index contributed by atoms with van der Waals surface area (Å²) in [5.41, 5.74) is 1.20. The predicted octanol–water partition coefficient (Wildman–Crippen LogP) is 1.84. The van der Waals surface area contributed by atoms with Crippen molar-refractivity contribution >= 4 is 11.8 Å². The topological polar surface area (TPSA) is 119 Å². The predicted molar refractivity (Wildman–Crippen MR) is 130 cm³/mol. The highest BCUT2D eigenvalue weighted by molar-refractivity contribution is 5.97. The van der Waals surface area contributed by atoms with Crippen molar-refractivity contribution in [3.8, 4) is 28.6 Å². The lowest BCUT2D eigenvalue weighted by atomic mass is 10.1. The smallest absolute Gasteiger partial charge is 0.251 e. The lowest BCUT2D eigenvalue weighted by Crippen LogP contribution is -2.50. The summed E-state index contributed by atoms with van der Waals surface area (Å²) < 4.78 is 21.2. The molecule has 2 heterocycles. The van der Waals surface area contributed by atoms with Crippen LogP contribution in [0, 0.1) is 0 Å². The minimum absolute atomic E-state index is 0.112. The van der Waals surface area contributed by atoms with Gasteiger partial charge in [0.15, 0.2) is 11.5 Å². The average molecular weight is 496 g/mol. The fourth-order valence-electron chi connectivity index (χ4n) is 3.95. The maximum Gasteiger partial charge on any atom is 0.251 e. The first kappa shape index (κ1) is 25.0. The summed E-state index contributed by atoms with van der Waals surface area (Å²) in [5, 5.41) is 6.73. The van der Waals surface area contributed by atoms with Gasteiger partial charge in [-0.15, -0.1) is 0 Å². The molecule has 0 bridgehead atoms. The fraction of sp³-hybridized carbons (Fsp3) is 0.360. The monoisotopic (exact) mass is 495 g/mol. The summed E-state index contributed by atoms with van der Waals surface area (Å²) in [6.45, 7) is 2.81. The number of hydrogen-bond acceptors (Lipinski definition) is 9. The van der Waals surface area contributed by atoms with E-state index in [-0.39, 0.29) is 12.5 Å². The van der Waals surface area contributed by atoms with Gasteiger partial charge in [-0.05, 0) is 12.1 Å². The first-order valence-corrected chi connectivity index (χ1v) is 11.5. The van der Waals surface area contributed by atoms with Gasteiger partial charge < -0.3 is 29.0 Å². The van der Waals surface area contributed by atoms with Crippen LogP contribution in [0.4, 0.5) is 0 Å². The molecule has 36 heavy (non-hydrogen) atoms. The molecule has 4 rings (SSSR count). The molecule has 0 unspecified atom stereocenters. The second kappa shape index (κ2) is 11.5. The van der Waals surface area contributed by atoms with Crippen molar-refractivity contribution in [3.63, 3.8) is 0 Å². The zero-order valence-corrected chi connectivity index (χ0v) is 20.5. The third-order valence-electron chi connectivity index (χ3n) is 5.91. The van der Waals surface area contributed by atoms with E-state index in [1.807, 2.05) is 30.3 Å². The van der Waals surface area contributed by atoms with Gasteiger partial charge in [-0.1, -0.05) is 35.5 Å². The molecular weight excluding hydrogens is 466 g/mol. The molecule has 11 nitrogen and oxygen atoms in total. The Kier molecular flexibility index (Phi) is 8.01. The highest BCUT2D eigenvalue weighted by Crippen LogP contribution is 2.38. The first-order chi connectivity index (χ1) is 17.5. The van der Waals surface area contributed by atoms with Crippen molar-refractivity contribution in [1.29, 1.82) is 0 Å². The van der Waals surface area contributed by atoms with E-state index >= 15 is 0 Å². The molecule has 0 spiro atoms. The quantitative estimate of drug-likeness (QED) is 0.474. The first-order valence-electron chi connectivity index (χ1n) is 11.5. The Morgan fingerprint density at radius 3 is 2.25 bits per heavy atom. The Balaban J connectivity index is 1.26. The van der Waals surface area contributed by atoms with Crippen molar-refractivity contribution in [2.75, 3.05) is 54.1 Å². The summed E-state index contributed by atoms with van der Waals surface area (Å²) in [7, 11) is 4.44. The van der Waals surface area contributed by atoms with Gasteiger partial charge in [0.25, 0.3) is 5.91 Å². The zero-order chi connectivity index (χ0) is 25.5. The minimum atomic E-state index is -0.410. The second-order valence-electron chi connectivity index (χ2n) is 8.13. The Hall–Kier alpha value is -4.12. The second-order valence-corrected chi connectivity index (χ2v) is 8.13. The van der Waals surface area contributed by atoms with Crippen LogP contribution in [0.1, 0.15) is 16.2 Å². The van der Waals surface area contributed by atoms with Crippen LogP contribution in [-0.2, 0) is 11.3 Å². The number of piperazine rings is 1. The number of carbonyl (C=O) groups excluding carboxylic acids is 2. The third-order valence-corrected chi connectivity index (χ3v) is 5.91. The molecule has 3 aromatic rings. The largest absolute Gasteiger partial charge is 0.493 e. The molecule has 2 amide bonds. The molecule has 11 heteroatoms. The lowest BCUT2D eigenvalue weighted by Gasteiger charge is -2.34. The number of carbonyl (C=O) groups is 2. The lowest BCUT2D eigenvalue weighted by molar-refractivity contribution is -0.131. The third kappa shape index (κ3) is 5.74. The maximum atomic E-state index is 12.7. The number of methoxy groups -OCH3 is 3. The molecule has 1 saturated heterocycles. The van der Waals surface area contributed by atoms with E-state index in [2.05, 4.69) is 20.4 Å². The van der Waals surface area contributed by atoms with Gasteiger partial charge in [-0.25, -0.2) is 0 Å². The summed E-state index contributed by atoms with van der Waals surface area (Å²) >= 11 is 0. The summed E-state index contributed by atoms with van der Waals surface area (Å²) in [4.78, 5) is 33.7. The summed E-state index contributed by atoms with van der Waals surface area (Å²) in [5.74, 6) is 1.64. The fourth-order valence-corrected chi connectivity index (χ4v) is 3.95. The SMILES string of the molecule is COc1cc(C(=O)NCC(=O)N2CCN(Cc3nc(-c4ccccc4)no3)CC2)cc(OC)c1OC.